The summed E-state index contributed by atoms with van der Waals surface area (Å²) in [6.07, 6.45) is 3.27. The summed E-state index contributed by atoms with van der Waals surface area (Å²) in [4.78, 5) is 8.16. The molecule has 0 saturated carbocycles. The van der Waals surface area contributed by atoms with Crippen LogP contribution < -0.4 is 0 Å². The van der Waals surface area contributed by atoms with Gasteiger partial charge in [-0.2, -0.15) is 0 Å². The minimum atomic E-state index is -0.00655. The smallest absolute Gasteiger partial charge is 0.138 e. The van der Waals surface area contributed by atoms with Crippen LogP contribution in [0.25, 0.3) is 11.3 Å². The highest BCUT2D eigenvalue weighted by molar-refractivity contribution is 6.32. The molecular weight excluding hydrogens is 212 g/mol. The fourth-order valence-electron chi connectivity index (χ4n) is 1.30. The largest absolute Gasteiger partial charge is 0.392 e. The van der Waals surface area contributed by atoms with Crippen LogP contribution in [0.15, 0.2) is 36.7 Å². The zero-order valence-electron chi connectivity index (χ0n) is 7.89. The minimum Gasteiger partial charge on any atom is -0.392 e. The molecule has 2 rings (SSSR count). The van der Waals surface area contributed by atoms with Crippen LogP contribution in [0, 0.1) is 0 Å². The molecule has 0 atom stereocenters. The van der Waals surface area contributed by atoms with Crippen LogP contribution in [0.3, 0.4) is 0 Å². The van der Waals surface area contributed by atoms with Crippen molar-refractivity contribution < 1.29 is 5.11 Å². The van der Waals surface area contributed by atoms with E-state index in [4.69, 9.17) is 16.7 Å². The molecular formula is C11H9ClN2O. The van der Waals surface area contributed by atoms with Crippen molar-refractivity contribution in [1.82, 2.24) is 9.97 Å². The summed E-state index contributed by atoms with van der Waals surface area (Å²) in [5.74, 6) is 0. The number of aliphatic hydroxyl groups is 1. The third kappa shape index (κ3) is 2.14. The van der Waals surface area contributed by atoms with E-state index in [1.54, 1.807) is 30.6 Å². The van der Waals surface area contributed by atoms with Crippen LogP contribution in [0.2, 0.25) is 5.15 Å². The van der Waals surface area contributed by atoms with Crippen molar-refractivity contribution in [3.8, 4) is 11.3 Å². The Hall–Kier alpha value is -1.45. The van der Waals surface area contributed by atoms with Crippen molar-refractivity contribution in [1.29, 1.82) is 0 Å². The number of nitrogens with zero attached hydrogens (tertiary/aromatic N) is 2. The molecule has 76 valence electrons. The maximum Gasteiger partial charge on any atom is 0.138 e. The van der Waals surface area contributed by atoms with E-state index in [2.05, 4.69) is 9.97 Å². The van der Waals surface area contributed by atoms with Crippen molar-refractivity contribution in [2.45, 2.75) is 6.61 Å². The van der Waals surface area contributed by atoms with Gasteiger partial charge in [-0.1, -0.05) is 11.6 Å². The second kappa shape index (κ2) is 4.38. The second-order valence-electron chi connectivity index (χ2n) is 3.05. The number of aliphatic hydroxyl groups excluding tert-OH is 1. The summed E-state index contributed by atoms with van der Waals surface area (Å²) in [6.45, 7) is -0.00655. The zero-order valence-corrected chi connectivity index (χ0v) is 8.65. The molecule has 1 N–H and O–H groups in total. The number of halogens is 1. The first-order chi connectivity index (χ1) is 7.31. The van der Waals surface area contributed by atoms with E-state index in [1.807, 2.05) is 6.07 Å². The summed E-state index contributed by atoms with van der Waals surface area (Å²) in [6, 6.07) is 7.20. The minimum absolute atomic E-state index is 0.00655. The van der Waals surface area contributed by atoms with Crippen LogP contribution in [0.5, 0.6) is 0 Å². The Balaban J connectivity index is 2.49. The van der Waals surface area contributed by atoms with Crippen LogP contribution in [-0.4, -0.2) is 15.1 Å². The molecule has 0 spiro atoms. The molecule has 0 bridgehead atoms. The SMILES string of the molecule is OCc1ccnc(-c2cccnc2Cl)c1. The van der Waals surface area contributed by atoms with Crippen molar-refractivity contribution in [2.75, 3.05) is 0 Å². The first-order valence-electron chi connectivity index (χ1n) is 4.48. The van der Waals surface area contributed by atoms with Crippen LogP contribution in [0.1, 0.15) is 5.56 Å². The lowest BCUT2D eigenvalue weighted by Crippen LogP contribution is -1.89. The van der Waals surface area contributed by atoms with Crippen molar-refractivity contribution >= 4 is 11.6 Å². The summed E-state index contributed by atoms with van der Waals surface area (Å²) < 4.78 is 0. The first kappa shape index (κ1) is 10.1. The van der Waals surface area contributed by atoms with Crippen molar-refractivity contribution in [2.24, 2.45) is 0 Å². The lowest BCUT2D eigenvalue weighted by atomic mass is 10.1. The van der Waals surface area contributed by atoms with Crippen molar-refractivity contribution in [3.63, 3.8) is 0 Å². The van der Waals surface area contributed by atoms with Gasteiger partial charge in [-0.15, -0.1) is 0 Å². The molecule has 0 amide bonds. The van der Waals surface area contributed by atoms with Gasteiger partial charge in [0, 0.05) is 18.0 Å². The molecule has 0 fully saturated rings. The Labute approximate surface area is 92.4 Å². The predicted octanol–water partition coefficient (Wildman–Crippen LogP) is 2.29. The average Bonchev–Trinajstić information content (AvgIpc) is 2.30. The zero-order chi connectivity index (χ0) is 10.7. The Bertz CT molecular complexity index is 474. The van der Waals surface area contributed by atoms with E-state index in [9.17, 15) is 0 Å². The van der Waals surface area contributed by atoms with Gasteiger partial charge >= 0.3 is 0 Å². The Morgan fingerprint density at radius 3 is 2.80 bits per heavy atom. The molecule has 0 saturated heterocycles. The Morgan fingerprint density at radius 1 is 1.20 bits per heavy atom. The number of hydrogen-bond acceptors (Lipinski definition) is 3. The fraction of sp³-hybridized carbons (Fsp3) is 0.0909. The van der Waals surface area contributed by atoms with Gasteiger partial charge in [0.15, 0.2) is 0 Å². The molecule has 3 nitrogen and oxygen atoms in total. The maximum absolute atomic E-state index is 9.00. The Morgan fingerprint density at radius 2 is 2.07 bits per heavy atom. The summed E-state index contributed by atoms with van der Waals surface area (Å²) in [5.41, 5.74) is 2.30. The highest BCUT2D eigenvalue weighted by atomic mass is 35.5. The molecule has 0 radical (unpaired) electrons. The third-order valence-electron chi connectivity index (χ3n) is 2.04. The number of pyridine rings is 2. The van der Waals surface area contributed by atoms with E-state index in [0.717, 1.165) is 16.8 Å². The van der Waals surface area contributed by atoms with E-state index in [-0.39, 0.29) is 6.61 Å². The highest BCUT2D eigenvalue weighted by Gasteiger charge is 2.05. The van der Waals surface area contributed by atoms with Crippen molar-refractivity contribution in [3.05, 3.63) is 47.4 Å². The van der Waals surface area contributed by atoms with E-state index in [1.165, 1.54) is 0 Å². The fourth-order valence-corrected chi connectivity index (χ4v) is 1.51. The summed E-state index contributed by atoms with van der Waals surface area (Å²) in [5, 5.41) is 9.42. The van der Waals surface area contributed by atoms with Gasteiger partial charge in [0.25, 0.3) is 0 Å². The van der Waals surface area contributed by atoms with Gasteiger partial charge in [-0.3, -0.25) is 4.98 Å². The van der Waals surface area contributed by atoms with Gasteiger partial charge < -0.3 is 5.11 Å². The average molecular weight is 221 g/mol. The standard InChI is InChI=1S/C11H9ClN2O/c12-11-9(2-1-4-14-11)10-6-8(7-15)3-5-13-10/h1-6,15H,7H2. The van der Waals surface area contributed by atoms with Gasteiger partial charge in [0.05, 0.1) is 12.3 Å². The Kier molecular flexibility index (Phi) is 2.94. The van der Waals surface area contributed by atoms with E-state index >= 15 is 0 Å². The number of hydrogen-bond donors (Lipinski definition) is 1. The highest BCUT2D eigenvalue weighted by Crippen LogP contribution is 2.24. The molecule has 0 unspecified atom stereocenters. The van der Waals surface area contributed by atoms with Crippen LogP contribution in [-0.2, 0) is 6.61 Å². The predicted molar refractivity (Wildman–Crippen MR) is 58.4 cm³/mol. The summed E-state index contributed by atoms with van der Waals surface area (Å²) in [7, 11) is 0. The van der Waals surface area contributed by atoms with Gasteiger partial charge in [0.1, 0.15) is 5.15 Å². The third-order valence-corrected chi connectivity index (χ3v) is 2.34. The van der Waals surface area contributed by atoms with Crippen LogP contribution >= 0.6 is 11.6 Å². The lowest BCUT2D eigenvalue weighted by Gasteiger charge is -2.03. The maximum atomic E-state index is 9.00. The van der Waals surface area contributed by atoms with E-state index < -0.39 is 0 Å². The number of rotatable bonds is 2. The second-order valence-corrected chi connectivity index (χ2v) is 3.41. The molecule has 2 heterocycles. The van der Waals surface area contributed by atoms with E-state index in [0.29, 0.717) is 5.15 Å². The lowest BCUT2D eigenvalue weighted by molar-refractivity contribution is 0.282. The normalized spacial score (nSPS) is 10.3. The van der Waals surface area contributed by atoms with Gasteiger partial charge in [-0.05, 0) is 29.8 Å². The first-order valence-corrected chi connectivity index (χ1v) is 4.86. The molecule has 15 heavy (non-hydrogen) atoms. The van der Waals surface area contributed by atoms with Gasteiger partial charge in [-0.25, -0.2) is 4.98 Å². The monoisotopic (exact) mass is 220 g/mol. The quantitative estimate of drug-likeness (QED) is 0.790. The molecule has 0 aromatic carbocycles. The topological polar surface area (TPSA) is 46.0 Å². The molecule has 2 aromatic rings. The molecule has 0 aliphatic carbocycles. The molecule has 2 aromatic heterocycles. The molecule has 0 aliphatic heterocycles. The van der Waals surface area contributed by atoms with Crippen LogP contribution in [0.4, 0.5) is 0 Å². The molecule has 4 heteroatoms. The van der Waals surface area contributed by atoms with Gasteiger partial charge in [0.2, 0.25) is 0 Å². The molecule has 0 aliphatic rings. The summed E-state index contributed by atoms with van der Waals surface area (Å²) >= 11 is 5.94. The number of aromatic nitrogens is 2.